The Morgan fingerprint density at radius 2 is 1.40 bits per heavy atom. The van der Waals surface area contributed by atoms with Gasteiger partial charge in [0.2, 0.25) is 0 Å². The first kappa shape index (κ1) is 15.3. The van der Waals surface area contributed by atoms with E-state index in [-0.39, 0.29) is 16.9 Å². The summed E-state index contributed by atoms with van der Waals surface area (Å²) in [7, 11) is 0. The second kappa shape index (κ2) is 7.60. The van der Waals surface area contributed by atoms with Gasteiger partial charge in [0.1, 0.15) is 4.83 Å². The number of halogens is 2. The first-order valence-corrected chi connectivity index (χ1v) is 8.26. The van der Waals surface area contributed by atoms with Crippen LogP contribution in [0.1, 0.15) is 17.2 Å². The molecule has 0 spiro atoms. The summed E-state index contributed by atoms with van der Waals surface area (Å²) < 4.78 is 5.66. The number of carbonyl (C=O) groups is 1. The Labute approximate surface area is 135 Å². The molecule has 4 heteroatoms. The fraction of sp³-hybridized carbons (Fsp3) is 0.188. The highest BCUT2D eigenvalue weighted by Gasteiger charge is 2.22. The second-order valence-electron chi connectivity index (χ2n) is 4.26. The quantitative estimate of drug-likeness (QED) is 0.549. The number of esters is 1. The van der Waals surface area contributed by atoms with Crippen molar-refractivity contribution in [3.8, 4) is 0 Å². The minimum absolute atomic E-state index is 0.278. The molecule has 2 aromatic carbocycles. The zero-order valence-corrected chi connectivity index (χ0v) is 13.9. The van der Waals surface area contributed by atoms with Crippen molar-refractivity contribution in [1.29, 1.82) is 0 Å². The maximum atomic E-state index is 12.0. The van der Waals surface area contributed by atoms with Crippen LogP contribution in [-0.2, 0) is 9.53 Å². The molecule has 0 saturated carbocycles. The smallest absolute Gasteiger partial charge is 0.321 e. The predicted molar refractivity (Wildman–Crippen MR) is 87.3 cm³/mol. The number of hydrogen-bond donors (Lipinski definition) is 0. The number of hydrogen-bond acceptors (Lipinski definition) is 2. The van der Waals surface area contributed by atoms with E-state index in [1.165, 1.54) is 0 Å². The molecule has 104 valence electrons. The zero-order chi connectivity index (χ0) is 14.4. The molecule has 0 bridgehead atoms. The van der Waals surface area contributed by atoms with Gasteiger partial charge in [-0.25, -0.2) is 0 Å². The number of alkyl halides is 2. The van der Waals surface area contributed by atoms with Crippen molar-refractivity contribution in [3.63, 3.8) is 0 Å². The normalized spacial score (nSPS) is 12.2. The maximum Gasteiger partial charge on any atom is 0.321 e. The summed E-state index contributed by atoms with van der Waals surface area (Å²) in [6.07, 6.45) is -0.385. The third-order valence-electron chi connectivity index (χ3n) is 2.83. The van der Waals surface area contributed by atoms with E-state index >= 15 is 0 Å². The van der Waals surface area contributed by atoms with Crippen molar-refractivity contribution in [2.24, 2.45) is 0 Å². The Morgan fingerprint density at radius 1 is 0.950 bits per heavy atom. The van der Waals surface area contributed by atoms with Crippen LogP contribution in [0, 0.1) is 0 Å². The average molecular weight is 398 g/mol. The summed E-state index contributed by atoms with van der Waals surface area (Å²) in [5.41, 5.74) is 1.92. The molecule has 0 radical (unpaired) electrons. The highest BCUT2D eigenvalue weighted by Crippen LogP contribution is 2.27. The van der Waals surface area contributed by atoms with Crippen molar-refractivity contribution in [2.45, 2.75) is 10.9 Å². The predicted octanol–water partition coefficient (Wildman–Crippen LogP) is 4.48. The molecule has 2 nitrogen and oxygen atoms in total. The molecular weight excluding hydrogens is 384 g/mol. The SMILES string of the molecule is O=C(OC(c1ccccc1)c1ccccc1)C(Br)CBr. The first-order valence-electron chi connectivity index (χ1n) is 6.23. The van der Waals surface area contributed by atoms with Crippen molar-refractivity contribution in [3.05, 3.63) is 71.8 Å². The minimum Gasteiger partial charge on any atom is -0.452 e. The summed E-state index contributed by atoms with van der Waals surface area (Å²) in [6.45, 7) is 0. The van der Waals surface area contributed by atoms with Gasteiger partial charge in [-0.3, -0.25) is 4.79 Å². The Kier molecular flexibility index (Phi) is 5.80. The molecule has 0 aliphatic carbocycles. The van der Waals surface area contributed by atoms with Crippen LogP contribution in [0.4, 0.5) is 0 Å². The molecule has 0 fully saturated rings. The zero-order valence-electron chi connectivity index (χ0n) is 10.7. The molecule has 2 rings (SSSR count). The fourth-order valence-electron chi connectivity index (χ4n) is 1.84. The lowest BCUT2D eigenvalue weighted by atomic mass is 10.0. The van der Waals surface area contributed by atoms with E-state index in [4.69, 9.17) is 4.74 Å². The van der Waals surface area contributed by atoms with Gasteiger partial charge in [-0.15, -0.1) is 0 Å². The van der Waals surface area contributed by atoms with Crippen LogP contribution in [-0.4, -0.2) is 16.1 Å². The van der Waals surface area contributed by atoms with Gasteiger partial charge >= 0.3 is 5.97 Å². The van der Waals surface area contributed by atoms with E-state index in [1.54, 1.807) is 0 Å². The summed E-state index contributed by atoms with van der Waals surface area (Å²) in [4.78, 5) is 11.7. The molecule has 0 amide bonds. The van der Waals surface area contributed by atoms with E-state index in [1.807, 2.05) is 60.7 Å². The summed E-state index contributed by atoms with van der Waals surface area (Å²) in [5.74, 6) is -0.278. The van der Waals surface area contributed by atoms with Crippen molar-refractivity contribution in [1.82, 2.24) is 0 Å². The van der Waals surface area contributed by atoms with Gasteiger partial charge in [-0.05, 0) is 11.1 Å². The Hall–Kier alpha value is -1.13. The van der Waals surface area contributed by atoms with Gasteiger partial charge in [0, 0.05) is 5.33 Å². The van der Waals surface area contributed by atoms with Crippen LogP contribution < -0.4 is 0 Å². The summed E-state index contributed by atoms with van der Waals surface area (Å²) >= 11 is 6.56. The molecule has 1 atom stereocenters. The van der Waals surface area contributed by atoms with Crippen LogP contribution in [0.2, 0.25) is 0 Å². The van der Waals surface area contributed by atoms with Crippen LogP contribution in [0.15, 0.2) is 60.7 Å². The Bertz CT molecular complexity index is 503. The van der Waals surface area contributed by atoms with Gasteiger partial charge in [-0.2, -0.15) is 0 Å². The van der Waals surface area contributed by atoms with E-state index in [2.05, 4.69) is 31.9 Å². The van der Waals surface area contributed by atoms with Gasteiger partial charge in [-0.1, -0.05) is 92.5 Å². The Balaban J connectivity index is 2.28. The van der Waals surface area contributed by atoms with Crippen LogP contribution in [0.5, 0.6) is 0 Å². The monoisotopic (exact) mass is 396 g/mol. The number of carbonyl (C=O) groups excluding carboxylic acids is 1. The molecule has 0 aliphatic rings. The van der Waals surface area contributed by atoms with Crippen molar-refractivity contribution < 1.29 is 9.53 Å². The average Bonchev–Trinajstić information content (AvgIpc) is 2.53. The summed E-state index contributed by atoms with van der Waals surface area (Å²) in [5, 5.41) is 0.516. The highest BCUT2D eigenvalue weighted by molar-refractivity contribution is 9.12. The molecule has 0 aliphatic heterocycles. The van der Waals surface area contributed by atoms with Gasteiger partial charge in [0.05, 0.1) is 0 Å². The Morgan fingerprint density at radius 3 is 1.80 bits per heavy atom. The molecular formula is C16H14Br2O2. The number of rotatable bonds is 5. The maximum absolute atomic E-state index is 12.0. The van der Waals surface area contributed by atoms with Crippen molar-refractivity contribution in [2.75, 3.05) is 5.33 Å². The lowest BCUT2D eigenvalue weighted by molar-refractivity contribution is -0.146. The van der Waals surface area contributed by atoms with E-state index in [0.29, 0.717) is 5.33 Å². The van der Waals surface area contributed by atoms with E-state index in [0.717, 1.165) is 11.1 Å². The molecule has 0 aromatic heterocycles. The lowest BCUT2D eigenvalue weighted by Gasteiger charge is -2.20. The second-order valence-corrected chi connectivity index (χ2v) is 6.01. The molecule has 0 heterocycles. The summed E-state index contributed by atoms with van der Waals surface area (Å²) in [6, 6.07) is 19.5. The molecule has 0 N–H and O–H groups in total. The topological polar surface area (TPSA) is 26.3 Å². The van der Waals surface area contributed by atoms with Crippen LogP contribution >= 0.6 is 31.9 Å². The van der Waals surface area contributed by atoms with E-state index < -0.39 is 0 Å². The van der Waals surface area contributed by atoms with Gasteiger partial charge < -0.3 is 4.74 Å². The minimum atomic E-state index is -0.385. The van der Waals surface area contributed by atoms with Crippen LogP contribution in [0.25, 0.3) is 0 Å². The van der Waals surface area contributed by atoms with Crippen LogP contribution in [0.3, 0.4) is 0 Å². The first-order chi connectivity index (χ1) is 9.72. The molecule has 20 heavy (non-hydrogen) atoms. The largest absolute Gasteiger partial charge is 0.452 e. The number of benzene rings is 2. The van der Waals surface area contributed by atoms with Gasteiger partial charge in [0.25, 0.3) is 0 Å². The molecule has 0 saturated heterocycles. The lowest BCUT2D eigenvalue weighted by Crippen LogP contribution is -2.22. The molecule has 1 unspecified atom stereocenters. The molecule has 2 aromatic rings. The fourth-order valence-corrected chi connectivity index (χ4v) is 2.21. The third kappa shape index (κ3) is 3.93. The van der Waals surface area contributed by atoms with E-state index in [9.17, 15) is 4.79 Å². The van der Waals surface area contributed by atoms with Gasteiger partial charge in [0.15, 0.2) is 6.10 Å². The third-order valence-corrected chi connectivity index (χ3v) is 5.04. The number of ether oxygens (including phenoxy) is 1. The standard InChI is InChI=1S/C16H14Br2O2/c17-11-14(18)16(19)20-15(12-7-3-1-4-8-12)13-9-5-2-6-10-13/h1-10,14-15H,11H2. The van der Waals surface area contributed by atoms with Crippen molar-refractivity contribution >= 4 is 37.8 Å². The highest BCUT2D eigenvalue weighted by atomic mass is 79.9.